The van der Waals surface area contributed by atoms with Crippen molar-refractivity contribution in [1.29, 1.82) is 0 Å². The molecule has 0 radical (unpaired) electrons. The molecular weight excluding hydrogens is 272 g/mol. The molecule has 0 fully saturated rings. The van der Waals surface area contributed by atoms with Crippen LogP contribution in [-0.2, 0) is 4.74 Å². The monoisotopic (exact) mass is 286 g/mol. The quantitative estimate of drug-likeness (QED) is 0.734. The van der Waals surface area contributed by atoms with Crippen LogP contribution in [0.1, 0.15) is 30.4 Å². The number of carbonyl (C=O) groups is 1. The first-order valence-electron chi connectivity index (χ1n) is 6.45. The van der Waals surface area contributed by atoms with Gasteiger partial charge in [0.05, 0.1) is 18.8 Å². The number of rotatable bonds is 3. The number of hydrogen-bond acceptors (Lipinski definition) is 6. The van der Waals surface area contributed by atoms with Crippen molar-refractivity contribution in [3.05, 3.63) is 24.0 Å². The molecule has 0 aromatic carbocycles. The second-order valence-electron chi connectivity index (χ2n) is 4.82. The molecule has 3 heterocycles. The zero-order valence-electron chi connectivity index (χ0n) is 11.9. The molecular formula is C13H14N6O2. The van der Waals surface area contributed by atoms with E-state index in [0.717, 1.165) is 5.52 Å². The molecule has 3 rings (SSSR count). The minimum atomic E-state index is -0.493. The van der Waals surface area contributed by atoms with Crippen molar-refractivity contribution in [2.45, 2.75) is 19.9 Å². The molecule has 1 N–H and O–H groups in total. The molecule has 3 aromatic rings. The topological polar surface area (TPSA) is 98.6 Å². The molecule has 108 valence electrons. The SMILES string of the molecule is COC(=O)c1ccc2[nH]c(-c3cn(C(C)C)nn3)nc2n1. The zero-order valence-corrected chi connectivity index (χ0v) is 11.9. The van der Waals surface area contributed by atoms with E-state index in [4.69, 9.17) is 0 Å². The summed E-state index contributed by atoms with van der Waals surface area (Å²) in [6.07, 6.45) is 1.81. The Morgan fingerprint density at radius 3 is 2.81 bits per heavy atom. The minimum absolute atomic E-state index is 0.217. The fraction of sp³-hybridized carbons (Fsp3) is 0.308. The molecule has 8 nitrogen and oxygen atoms in total. The predicted octanol–water partition coefficient (Wildman–Crippen LogP) is 1.58. The Hall–Kier alpha value is -2.77. The molecule has 3 aromatic heterocycles. The van der Waals surface area contributed by atoms with Crippen molar-refractivity contribution in [2.75, 3.05) is 7.11 Å². The van der Waals surface area contributed by atoms with Crippen LogP contribution in [0.2, 0.25) is 0 Å². The van der Waals surface area contributed by atoms with Gasteiger partial charge in [0, 0.05) is 6.04 Å². The summed E-state index contributed by atoms with van der Waals surface area (Å²) in [5, 5.41) is 8.11. The van der Waals surface area contributed by atoms with Crippen LogP contribution in [0.5, 0.6) is 0 Å². The van der Waals surface area contributed by atoms with Crippen LogP contribution in [-0.4, -0.2) is 43.0 Å². The van der Waals surface area contributed by atoms with E-state index in [1.54, 1.807) is 16.8 Å². The van der Waals surface area contributed by atoms with E-state index in [-0.39, 0.29) is 11.7 Å². The first-order valence-corrected chi connectivity index (χ1v) is 6.45. The predicted molar refractivity (Wildman–Crippen MR) is 74.6 cm³/mol. The molecule has 0 aliphatic heterocycles. The molecule has 0 unspecified atom stereocenters. The van der Waals surface area contributed by atoms with Gasteiger partial charge in [0.2, 0.25) is 0 Å². The van der Waals surface area contributed by atoms with Crippen molar-refractivity contribution in [3.8, 4) is 11.5 Å². The number of nitrogens with zero attached hydrogens (tertiary/aromatic N) is 5. The van der Waals surface area contributed by atoms with Crippen LogP contribution in [0.25, 0.3) is 22.7 Å². The molecule has 0 spiro atoms. The molecule has 0 bridgehead atoms. The number of nitrogens with one attached hydrogen (secondary N) is 1. The van der Waals surface area contributed by atoms with E-state index >= 15 is 0 Å². The highest BCUT2D eigenvalue weighted by Crippen LogP contribution is 2.18. The maximum atomic E-state index is 11.5. The van der Waals surface area contributed by atoms with E-state index in [9.17, 15) is 4.79 Å². The second kappa shape index (κ2) is 4.97. The van der Waals surface area contributed by atoms with Crippen molar-refractivity contribution in [3.63, 3.8) is 0 Å². The van der Waals surface area contributed by atoms with Crippen LogP contribution in [0.4, 0.5) is 0 Å². The van der Waals surface area contributed by atoms with Crippen molar-refractivity contribution in [1.82, 2.24) is 29.9 Å². The van der Waals surface area contributed by atoms with E-state index in [2.05, 4.69) is 30.0 Å². The van der Waals surface area contributed by atoms with Crippen molar-refractivity contribution in [2.24, 2.45) is 0 Å². The molecule has 0 saturated heterocycles. The summed E-state index contributed by atoms with van der Waals surface area (Å²) in [5.74, 6) is 0.0682. The average molecular weight is 286 g/mol. The Morgan fingerprint density at radius 2 is 2.14 bits per heavy atom. The van der Waals surface area contributed by atoms with Gasteiger partial charge in [-0.2, -0.15) is 0 Å². The normalized spacial score (nSPS) is 11.2. The number of fused-ring (bicyclic) bond motifs is 1. The maximum absolute atomic E-state index is 11.5. The van der Waals surface area contributed by atoms with Gasteiger partial charge < -0.3 is 9.72 Å². The van der Waals surface area contributed by atoms with Crippen LogP contribution >= 0.6 is 0 Å². The summed E-state index contributed by atoms with van der Waals surface area (Å²) in [7, 11) is 1.31. The number of esters is 1. The van der Waals surface area contributed by atoms with Crippen LogP contribution in [0, 0.1) is 0 Å². The summed E-state index contributed by atoms with van der Waals surface area (Å²) < 4.78 is 6.39. The lowest BCUT2D eigenvalue weighted by atomic mass is 10.3. The number of aromatic amines is 1. The standard InChI is InChI=1S/C13H14N6O2/c1-7(2)19-6-10(17-18-19)12-14-8-4-5-9(13(20)21-3)15-11(8)16-12/h4-7H,1-3H3,(H,14,15,16). The van der Waals surface area contributed by atoms with Gasteiger partial charge in [-0.15, -0.1) is 5.10 Å². The lowest BCUT2D eigenvalue weighted by Gasteiger charge is -2.00. The minimum Gasteiger partial charge on any atom is -0.464 e. The summed E-state index contributed by atoms with van der Waals surface area (Å²) in [6, 6.07) is 3.54. The van der Waals surface area contributed by atoms with Crippen LogP contribution < -0.4 is 0 Å². The fourth-order valence-corrected chi connectivity index (χ4v) is 1.87. The van der Waals surface area contributed by atoms with Crippen molar-refractivity contribution < 1.29 is 9.53 Å². The number of ether oxygens (including phenoxy) is 1. The highest BCUT2D eigenvalue weighted by Gasteiger charge is 2.14. The Balaban J connectivity index is 2.02. The third-order valence-corrected chi connectivity index (χ3v) is 3.02. The number of H-pyrrole nitrogens is 1. The highest BCUT2D eigenvalue weighted by atomic mass is 16.5. The third kappa shape index (κ3) is 2.35. The average Bonchev–Trinajstić information content (AvgIpc) is 3.11. The summed E-state index contributed by atoms with van der Waals surface area (Å²) >= 11 is 0. The number of imidazole rings is 1. The van der Waals surface area contributed by atoms with Gasteiger partial charge in [-0.1, -0.05) is 5.21 Å². The van der Waals surface area contributed by atoms with Gasteiger partial charge in [0.1, 0.15) is 5.69 Å². The summed E-state index contributed by atoms with van der Waals surface area (Å²) in [6.45, 7) is 4.03. The van der Waals surface area contributed by atoms with Gasteiger partial charge in [-0.25, -0.2) is 19.4 Å². The van der Waals surface area contributed by atoms with E-state index in [1.807, 2.05) is 20.0 Å². The number of carbonyl (C=O) groups excluding carboxylic acids is 1. The lowest BCUT2D eigenvalue weighted by molar-refractivity contribution is 0.0594. The number of hydrogen-bond donors (Lipinski definition) is 1. The van der Waals surface area contributed by atoms with E-state index in [1.165, 1.54) is 7.11 Å². The molecule has 0 aliphatic rings. The molecule has 0 amide bonds. The third-order valence-electron chi connectivity index (χ3n) is 3.02. The lowest BCUT2D eigenvalue weighted by Crippen LogP contribution is -2.03. The van der Waals surface area contributed by atoms with E-state index in [0.29, 0.717) is 17.2 Å². The first-order chi connectivity index (χ1) is 10.1. The molecule has 8 heteroatoms. The molecule has 21 heavy (non-hydrogen) atoms. The van der Waals surface area contributed by atoms with Crippen molar-refractivity contribution >= 4 is 17.1 Å². The summed E-state index contributed by atoms with van der Waals surface area (Å²) in [5.41, 5.74) is 2.00. The smallest absolute Gasteiger partial charge is 0.356 e. The maximum Gasteiger partial charge on any atom is 0.356 e. The summed E-state index contributed by atoms with van der Waals surface area (Å²) in [4.78, 5) is 23.1. The number of methoxy groups -OCH3 is 1. The molecule has 0 saturated carbocycles. The van der Waals surface area contributed by atoms with E-state index < -0.39 is 5.97 Å². The van der Waals surface area contributed by atoms with Crippen LogP contribution in [0.15, 0.2) is 18.3 Å². The van der Waals surface area contributed by atoms with Gasteiger partial charge in [0.25, 0.3) is 0 Å². The Morgan fingerprint density at radius 1 is 1.33 bits per heavy atom. The highest BCUT2D eigenvalue weighted by molar-refractivity contribution is 5.89. The Labute approximate surface area is 120 Å². The van der Waals surface area contributed by atoms with Gasteiger partial charge in [0.15, 0.2) is 17.2 Å². The largest absolute Gasteiger partial charge is 0.464 e. The fourth-order valence-electron chi connectivity index (χ4n) is 1.87. The van der Waals surface area contributed by atoms with Crippen LogP contribution in [0.3, 0.4) is 0 Å². The number of aromatic nitrogens is 6. The van der Waals surface area contributed by atoms with Gasteiger partial charge >= 0.3 is 5.97 Å². The first kappa shape index (κ1) is 13.2. The second-order valence-corrected chi connectivity index (χ2v) is 4.82. The van der Waals surface area contributed by atoms with Gasteiger partial charge in [-0.3, -0.25) is 0 Å². The zero-order chi connectivity index (χ0) is 15.0. The molecule has 0 atom stereocenters. The Bertz CT molecular complexity index is 804. The Kier molecular flexibility index (Phi) is 3.13. The van der Waals surface area contributed by atoms with Gasteiger partial charge in [-0.05, 0) is 26.0 Å². The molecule has 0 aliphatic carbocycles. The number of pyridine rings is 1.